The van der Waals surface area contributed by atoms with E-state index < -0.39 is 22.4 Å². The molecule has 19 heavy (non-hydrogen) atoms. The van der Waals surface area contributed by atoms with Crippen molar-refractivity contribution in [3.05, 3.63) is 46.0 Å². The quantitative estimate of drug-likeness (QED) is 0.651. The highest BCUT2D eigenvalue weighted by Crippen LogP contribution is 2.23. The molecule has 9 heteroatoms. The molecule has 2 rings (SSSR count). The maximum absolute atomic E-state index is 13.0. The number of rotatable bonds is 4. The molecule has 0 fully saturated rings. The van der Waals surface area contributed by atoms with E-state index in [0.29, 0.717) is 0 Å². The van der Waals surface area contributed by atoms with Gasteiger partial charge in [0.05, 0.1) is 29.3 Å². The number of halogens is 1. The molecule has 0 aliphatic heterocycles. The van der Waals surface area contributed by atoms with Crippen LogP contribution in [-0.2, 0) is 11.2 Å². The van der Waals surface area contributed by atoms with Crippen LogP contribution in [0.2, 0.25) is 0 Å². The maximum atomic E-state index is 13.0. The molecule has 0 atom stereocenters. The highest BCUT2D eigenvalue weighted by Gasteiger charge is 2.18. The lowest BCUT2D eigenvalue weighted by molar-refractivity contribution is -0.384. The number of nitro benzene ring substituents is 1. The van der Waals surface area contributed by atoms with Gasteiger partial charge in [0.1, 0.15) is 11.5 Å². The van der Waals surface area contributed by atoms with Crippen molar-refractivity contribution in [1.29, 1.82) is 0 Å². The standard InChI is InChI=1S/C10H7FN4O4/c11-6-1-2-8(9(3-6)15(18)19)14-5-7(12-13-14)4-10(16)17/h1-3,5H,4H2,(H,16,17). The van der Waals surface area contributed by atoms with E-state index in [1.165, 1.54) is 12.3 Å². The Kier molecular flexibility index (Phi) is 3.19. The molecule has 0 aliphatic carbocycles. The Morgan fingerprint density at radius 3 is 2.89 bits per heavy atom. The molecule has 8 nitrogen and oxygen atoms in total. The second-order valence-corrected chi connectivity index (χ2v) is 3.62. The van der Waals surface area contributed by atoms with E-state index in [0.717, 1.165) is 16.8 Å². The fourth-order valence-electron chi connectivity index (χ4n) is 1.49. The molecule has 1 aromatic carbocycles. The number of hydrogen-bond acceptors (Lipinski definition) is 5. The minimum atomic E-state index is -1.10. The van der Waals surface area contributed by atoms with Gasteiger partial charge >= 0.3 is 5.97 Å². The Morgan fingerprint density at radius 1 is 1.53 bits per heavy atom. The zero-order chi connectivity index (χ0) is 14.0. The van der Waals surface area contributed by atoms with Gasteiger partial charge in [0.15, 0.2) is 0 Å². The van der Waals surface area contributed by atoms with Gasteiger partial charge in [-0.05, 0) is 12.1 Å². The zero-order valence-electron chi connectivity index (χ0n) is 9.36. The fourth-order valence-corrected chi connectivity index (χ4v) is 1.49. The number of aliphatic carboxylic acids is 1. The summed E-state index contributed by atoms with van der Waals surface area (Å²) in [5.74, 6) is -1.85. The molecule has 0 unspecified atom stereocenters. The Balaban J connectivity index is 2.44. The van der Waals surface area contributed by atoms with Crippen LogP contribution in [0.4, 0.5) is 10.1 Å². The van der Waals surface area contributed by atoms with Crippen LogP contribution in [0.25, 0.3) is 5.69 Å². The van der Waals surface area contributed by atoms with E-state index in [9.17, 15) is 19.3 Å². The fraction of sp³-hybridized carbons (Fsp3) is 0.100. The van der Waals surface area contributed by atoms with Crippen molar-refractivity contribution in [3.63, 3.8) is 0 Å². The number of aromatic nitrogens is 3. The summed E-state index contributed by atoms with van der Waals surface area (Å²) < 4.78 is 14.0. The van der Waals surface area contributed by atoms with Gasteiger partial charge in [-0.15, -0.1) is 5.10 Å². The molecule has 1 N–H and O–H groups in total. The van der Waals surface area contributed by atoms with Gasteiger partial charge in [-0.25, -0.2) is 9.07 Å². The average Bonchev–Trinajstić information content (AvgIpc) is 2.76. The average molecular weight is 266 g/mol. The lowest BCUT2D eigenvalue weighted by Gasteiger charge is -2.01. The summed E-state index contributed by atoms with van der Waals surface area (Å²) >= 11 is 0. The van der Waals surface area contributed by atoms with Gasteiger partial charge in [0.2, 0.25) is 0 Å². The highest BCUT2D eigenvalue weighted by atomic mass is 19.1. The number of benzene rings is 1. The van der Waals surface area contributed by atoms with E-state index in [1.54, 1.807) is 0 Å². The number of carbonyl (C=O) groups is 1. The number of carboxylic acids is 1. The molecule has 0 aliphatic rings. The Hall–Kier alpha value is -2.84. The first-order valence-electron chi connectivity index (χ1n) is 5.04. The van der Waals surface area contributed by atoms with Gasteiger partial charge in [-0.3, -0.25) is 14.9 Å². The minimum Gasteiger partial charge on any atom is -0.481 e. The molecule has 0 saturated heterocycles. The van der Waals surface area contributed by atoms with Crippen molar-refractivity contribution < 1.29 is 19.2 Å². The maximum Gasteiger partial charge on any atom is 0.309 e. The molecule has 1 heterocycles. The lowest BCUT2D eigenvalue weighted by atomic mass is 10.2. The second kappa shape index (κ2) is 4.80. The minimum absolute atomic E-state index is 0.00976. The summed E-state index contributed by atoms with van der Waals surface area (Å²) in [6, 6.07) is 2.97. The Labute approximate surface area is 105 Å². The van der Waals surface area contributed by atoms with Gasteiger partial charge in [-0.1, -0.05) is 5.21 Å². The summed E-state index contributed by atoms with van der Waals surface area (Å²) in [5.41, 5.74) is -0.326. The molecule has 0 spiro atoms. The first-order chi connectivity index (χ1) is 8.97. The highest BCUT2D eigenvalue weighted by molar-refractivity contribution is 5.69. The van der Waals surface area contributed by atoms with Crippen LogP contribution in [0.1, 0.15) is 5.69 Å². The Morgan fingerprint density at radius 2 is 2.26 bits per heavy atom. The van der Waals surface area contributed by atoms with Crippen molar-refractivity contribution >= 4 is 11.7 Å². The molecule has 1 aromatic heterocycles. The van der Waals surface area contributed by atoms with E-state index in [1.807, 2.05) is 0 Å². The van der Waals surface area contributed by atoms with E-state index in [2.05, 4.69) is 10.3 Å². The second-order valence-electron chi connectivity index (χ2n) is 3.62. The number of nitrogens with zero attached hydrogens (tertiary/aromatic N) is 4. The van der Waals surface area contributed by atoms with Gasteiger partial charge in [0.25, 0.3) is 5.69 Å². The Bertz CT molecular complexity index is 655. The summed E-state index contributed by atoms with van der Waals surface area (Å²) in [6.07, 6.45) is 0.892. The van der Waals surface area contributed by atoms with Gasteiger partial charge in [-0.2, -0.15) is 0 Å². The van der Waals surface area contributed by atoms with Crippen LogP contribution in [0.15, 0.2) is 24.4 Å². The van der Waals surface area contributed by atoms with Crippen molar-refractivity contribution in [2.24, 2.45) is 0 Å². The summed E-state index contributed by atoms with van der Waals surface area (Å²) in [5, 5.41) is 26.6. The lowest BCUT2D eigenvalue weighted by Crippen LogP contribution is -2.01. The third-order valence-corrected chi connectivity index (χ3v) is 2.25. The van der Waals surface area contributed by atoms with Crippen LogP contribution in [0, 0.1) is 15.9 Å². The van der Waals surface area contributed by atoms with Crippen LogP contribution in [-0.4, -0.2) is 31.0 Å². The largest absolute Gasteiger partial charge is 0.481 e. The van der Waals surface area contributed by atoms with Crippen molar-refractivity contribution in [2.45, 2.75) is 6.42 Å². The van der Waals surface area contributed by atoms with Crippen LogP contribution < -0.4 is 0 Å². The molecule has 0 amide bonds. The monoisotopic (exact) mass is 266 g/mol. The first kappa shape index (κ1) is 12.6. The molecule has 0 saturated carbocycles. The summed E-state index contributed by atoms with van der Waals surface area (Å²) in [6.45, 7) is 0. The predicted octanol–water partition coefficient (Wildman–Crippen LogP) is 0.942. The third kappa shape index (κ3) is 2.70. The summed E-state index contributed by atoms with van der Waals surface area (Å²) in [4.78, 5) is 20.6. The topological polar surface area (TPSA) is 111 Å². The van der Waals surface area contributed by atoms with Crippen molar-refractivity contribution in [3.8, 4) is 5.69 Å². The molecular weight excluding hydrogens is 259 g/mol. The van der Waals surface area contributed by atoms with Crippen molar-refractivity contribution in [1.82, 2.24) is 15.0 Å². The van der Waals surface area contributed by atoms with Gasteiger partial charge < -0.3 is 5.11 Å². The normalized spacial score (nSPS) is 10.4. The molecule has 0 bridgehead atoms. The third-order valence-electron chi connectivity index (χ3n) is 2.25. The first-order valence-corrected chi connectivity index (χ1v) is 5.04. The molecular formula is C10H7FN4O4. The number of nitro groups is 1. The molecule has 0 radical (unpaired) electrons. The summed E-state index contributed by atoms with van der Waals surface area (Å²) in [7, 11) is 0. The van der Waals surface area contributed by atoms with E-state index in [-0.39, 0.29) is 17.8 Å². The van der Waals surface area contributed by atoms with E-state index >= 15 is 0 Å². The number of hydrogen-bond donors (Lipinski definition) is 1. The number of carboxylic acid groups (broad SMARTS) is 1. The van der Waals surface area contributed by atoms with Crippen molar-refractivity contribution in [2.75, 3.05) is 0 Å². The smallest absolute Gasteiger partial charge is 0.309 e. The predicted molar refractivity (Wildman–Crippen MR) is 59.3 cm³/mol. The molecule has 98 valence electrons. The zero-order valence-corrected chi connectivity index (χ0v) is 9.36. The van der Waals surface area contributed by atoms with E-state index in [4.69, 9.17) is 5.11 Å². The molecule has 2 aromatic rings. The van der Waals surface area contributed by atoms with Crippen LogP contribution >= 0.6 is 0 Å². The SMILES string of the molecule is O=C(O)Cc1cn(-c2ccc(F)cc2[N+](=O)[O-])nn1. The van der Waals surface area contributed by atoms with Gasteiger partial charge in [0, 0.05) is 0 Å². The van der Waals surface area contributed by atoms with Crippen LogP contribution in [0.3, 0.4) is 0 Å². The van der Waals surface area contributed by atoms with Crippen LogP contribution in [0.5, 0.6) is 0 Å².